The number of hydrazone groups is 1. The van der Waals surface area contributed by atoms with Gasteiger partial charge in [-0.25, -0.2) is 9.67 Å². The zero-order chi connectivity index (χ0) is 13.7. The number of nitrogens with zero attached hydrogens (tertiary/aromatic N) is 4. The van der Waals surface area contributed by atoms with Gasteiger partial charge in [0.2, 0.25) is 0 Å². The highest BCUT2D eigenvalue weighted by atomic mass is 35.5. The van der Waals surface area contributed by atoms with Crippen LogP contribution in [0.3, 0.4) is 0 Å². The summed E-state index contributed by atoms with van der Waals surface area (Å²) >= 11 is 10.6. The second kappa shape index (κ2) is 6.26. The molecule has 0 unspecified atom stereocenters. The van der Waals surface area contributed by atoms with Crippen molar-refractivity contribution in [3.05, 3.63) is 47.5 Å². The van der Waals surface area contributed by atoms with Gasteiger partial charge in [0.1, 0.15) is 12.7 Å². The number of benzene rings is 1. The summed E-state index contributed by atoms with van der Waals surface area (Å²) in [6.45, 7) is 0.442. The molecule has 1 aromatic heterocycles. The number of aromatic nitrogens is 3. The molecule has 0 saturated heterocycles. The van der Waals surface area contributed by atoms with Gasteiger partial charge >= 0.3 is 0 Å². The number of rotatable bonds is 4. The smallest absolute Gasteiger partial charge is 0.184 e. The molecule has 0 radical (unpaired) electrons. The molecular weight excluding hydrogens is 284 g/mol. The Morgan fingerprint density at radius 1 is 1.42 bits per heavy atom. The van der Waals surface area contributed by atoms with E-state index in [0.29, 0.717) is 11.6 Å². The van der Waals surface area contributed by atoms with Gasteiger partial charge in [-0.05, 0) is 29.9 Å². The molecule has 3 N–H and O–H groups in total. The minimum absolute atomic E-state index is 0.102. The van der Waals surface area contributed by atoms with Crippen LogP contribution in [0.1, 0.15) is 5.56 Å². The van der Waals surface area contributed by atoms with Crippen molar-refractivity contribution in [1.82, 2.24) is 20.2 Å². The van der Waals surface area contributed by atoms with E-state index >= 15 is 0 Å². The van der Waals surface area contributed by atoms with Gasteiger partial charge in [-0.1, -0.05) is 23.7 Å². The van der Waals surface area contributed by atoms with Gasteiger partial charge in [0.15, 0.2) is 5.11 Å². The average molecular weight is 295 g/mol. The lowest BCUT2D eigenvalue weighted by Gasteiger charge is -2.07. The zero-order valence-corrected chi connectivity index (χ0v) is 11.4. The summed E-state index contributed by atoms with van der Waals surface area (Å²) in [6, 6.07) is 7.29. The third-order valence-electron chi connectivity index (χ3n) is 2.26. The van der Waals surface area contributed by atoms with Crippen LogP contribution in [0.2, 0.25) is 5.02 Å². The lowest BCUT2D eigenvalue weighted by Crippen LogP contribution is -2.27. The monoisotopic (exact) mass is 294 g/mol. The maximum absolute atomic E-state index is 5.86. The van der Waals surface area contributed by atoms with Crippen LogP contribution in [-0.4, -0.2) is 25.6 Å². The molecule has 0 aliphatic rings. The Bertz CT molecular complexity index is 578. The van der Waals surface area contributed by atoms with Crippen LogP contribution in [0.15, 0.2) is 42.0 Å². The zero-order valence-electron chi connectivity index (χ0n) is 9.82. The normalized spacial score (nSPS) is 11.3. The number of thiocarbonyl (C=S) groups is 1. The lowest BCUT2D eigenvalue weighted by molar-refractivity contribution is 0.718. The van der Waals surface area contributed by atoms with Gasteiger partial charge in [0.05, 0.1) is 12.3 Å². The molecule has 6 nitrogen and oxygen atoms in total. The number of hydrogen-bond donors (Lipinski definition) is 2. The first-order chi connectivity index (χ1) is 9.15. The molecule has 0 atom stereocenters. The third kappa shape index (κ3) is 4.01. The summed E-state index contributed by atoms with van der Waals surface area (Å²) in [7, 11) is 0. The third-order valence-corrected chi connectivity index (χ3v) is 2.60. The largest absolute Gasteiger partial charge is 0.375 e. The minimum Gasteiger partial charge on any atom is -0.375 e. The first kappa shape index (κ1) is 13.4. The molecule has 1 aromatic carbocycles. The molecule has 0 bridgehead atoms. The van der Waals surface area contributed by atoms with E-state index in [0.717, 1.165) is 11.3 Å². The molecule has 0 saturated carbocycles. The van der Waals surface area contributed by atoms with E-state index in [1.807, 2.05) is 12.1 Å². The summed E-state index contributed by atoms with van der Waals surface area (Å²) in [6.07, 6.45) is 3.06. The van der Waals surface area contributed by atoms with Crippen LogP contribution in [0.4, 0.5) is 0 Å². The van der Waals surface area contributed by atoms with Crippen molar-refractivity contribution in [2.75, 3.05) is 0 Å². The Kier molecular flexibility index (Phi) is 4.43. The molecule has 0 aliphatic heterocycles. The van der Waals surface area contributed by atoms with E-state index in [1.165, 1.54) is 6.33 Å². The molecule has 0 spiro atoms. The highest BCUT2D eigenvalue weighted by molar-refractivity contribution is 7.80. The van der Waals surface area contributed by atoms with Crippen molar-refractivity contribution in [3.63, 3.8) is 0 Å². The predicted octanol–water partition coefficient (Wildman–Crippen LogP) is 1.17. The Hall–Kier alpha value is -1.99. The standard InChI is InChI=1S/C11H11ClN6S/c12-9-3-1-8(2-4-9)10(16-17-11(13)19)5-18-7-14-6-15-18/h1-4,6-7H,5H2,(H3,13,17,19). The Balaban J connectivity index is 2.25. The van der Waals surface area contributed by atoms with Crippen LogP contribution in [-0.2, 0) is 6.54 Å². The van der Waals surface area contributed by atoms with Gasteiger partial charge < -0.3 is 5.73 Å². The van der Waals surface area contributed by atoms with Crippen LogP contribution < -0.4 is 11.2 Å². The van der Waals surface area contributed by atoms with E-state index in [4.69, 9.17) is 29.6 Å². The van der Waals surface area contributed by atoms with Crippen molar-refractivity contribution in [2.45, 2.75) is 6.54 Å². The van der Waals surface area contributed by atoms with Gasteiger partial charge in [0.25, 0.3) is 0 Å². The highest BCUT2D eigenvalue weighted by Crippen LogP contribution is 2.11. The molecule has 8 heteroatoms. The van der Waals surface area contributed by atoms with Gasteiger partial charge in [-0.2, -0.15) is 10.2 Å². The maximum atomic E-state index is 5.86. The Morgan fingerprint density at radius 3 is 2.74 bits per heavy atom. The van der Waals surface area contributed by atoms with Crippen molar-refractivity contribution < 1.29 is 0 Å². The van der Waals surface area contributed by atoms with Crippen LogP contribution in [0, 0.1) is 0 Å². The summed E-state index contributed by atoms with van der Waals surface area (Å²) in [5.41, 5.74) is 9.56. The van der Waals surface area contributed by atoms with E-state index in [1.54, 1.807) is 23.1 Å². The first-order valence-electron chi connectivity index (χ1n) is 5.35. The molecule has 98 valence electrons. The minimum atomic E-state index is 0.102. The predicted molar refractivity (Wildman–Crippen MR) is 77.9 cm³/mol. The summed E-state index contributed by atoms with van der Waals surface area (Å²) in [5, 5.41) is 8.96. The Labute approximate surface area is 120 Å². The van der Waals surface area contributed by atoms with Crippen molar-refractivity contribution in [1.29, 1.82) is 0 Å². The lowest BCUT2D eigenvalue weighted by atomic mass is 10.1. The fourth-order valence-corrected chi connectivity index (χ4v) is 1.60. The fourth-order valence-electron chi connectivity index (χ4n) is 1.42. The van der Waals surface area contributed by atoms with Crippen molar-refractivity contribution in [3.8, 4) is 0 Å². The quantitative estimate of drug-likeness (QED) is 0.502. The van der Waals surface area contributed by atoms with E-state index in [9.17, 15) is 0 Å². The van der Waals surface area contributed by atoms with Crippen LogP contribution >= 0.6 is 23.8 Å². The molecule has 1 heterocycles. The molecule has 19 heavy (non-hydrogen) atoms. The average Bonchev–Trinajstić information content (AvgIpc) is 2.88. The number of halogens is 1. The molecule has 0 fully saturated rings. The molecule has 2 aromatic rings. The van der Waals surface area contributed by atoms with E-state index < -0.39 is 0 Å². The molecular formula is C11H11ClN6S. The molecule has 0 amide bonds. The van der Waals surface area contributed by atoms with Crippen LogP contribution in [0.25, 0.3) is 0 Å². The first-order valence-corrected chi connectivity index (χ1v) is 6.14. The van der Waals surface area contributed by atoms with Crippen LogP contribution in [0.5, 0.6) is 0 Å². The number of nitrogens with one attached hydrogen (secondary N) is 1. The SMILES string of the molecule is NC(=S)NN=C(Cn1cncn1)c1ccc(Cl)cc1. The van der Waals surface area contributed by atoms with Gasteiger partial charge in [-0.3, -0.25) is 5.43 Å². The Morgan fingerprint density at radius 2 is 2.16 bits per heavy atom. The molecule has 2 rings (SSSR count). The molecule has 0 aliphatic carbocycles. The summed E-state index contributed by atoms with van der Waals surface area (Å²) < 4.78 is 1.65. The van der Waals surface area contributed by atoms with E-state index in [-0.39, 0.29) is 5.11 Å². The summed E-state index contributed by atoms with van der Waals surface area (Å²) in [5.74, 6) is 0. The number of hydrogen-bond acceptors (Lipinski definition) is 4. The summed E-state index contributed by atoms with van der Waals surface area (Å²) in [4.78, 5) is 3.88. The van der Waals surface area contributed by atoms with Crippen molar-refractivity contribution in [2.24, 2.45) is 10.8 Å². The maximum Gasteiger partial charge on any atom is 0.184 e. The van der Waals surface area contributed by atoms with E-state index in [2.05, 4.69) is 20.6 Å². The second-order valence-electron chi connectivity index (χ2n) is 3.63. The van der Waals surface area contributed by atoms with Crippen molar-refractivity contribution >= 4 is 34.6 Å². The van der Waals surface area contributed by atoms with Gasteiger partial charge in [0, 0.05) is 5.02 Å². The number of nitrogens with two attached hydrogens (primary N) is 1. The second-order valence-corrected chi connectivity index (χ2v) is 4.51. The van der Waals surface area contributed by atoms with Gasteiger partial charge in [-0.15, -0.1) is 0 Å². The highest BCUT2D eigenvalue weighted by Gasteiger charge is 2.06. The topological polar surface area (TPSA) is 81.1 Å². The fraction of sp³-hybridized carbons (Fsp3) is 0.0909.